The topological polar surface area (TPSA) is 78.9 Å². The zero-order valence-electron chi connectivity index (χ0n) is 12.0. The van der Waals surface area contributed by atoms with Gasteiger partial charge in [0.2, 0.25) is 0 Å². The number of hydrogen-bond acceptors (Lipinski definition) is 3. The number of methoxy groups -OCH3 is 1. The molecule has 1 aliphatic rings. The molecular weight excluding hydrogens is 272 g/mol. The number of rotatable bonds is 7. The first-order chi connectivity index (χ1) is 10.1. The van der Waals surface area contributed by atoms with Crippen molar-refractivity contribution in [1.82, 2.24) is 4.90 Å². The third kappa shape index (κ3) is 4.46. The van der Waals surface area contributed by atoms with Crippen LogP contribution in [0.25, 0.3) is 0 Å². The first-order valence-electron chi connectivity index (χ1n) is 6.98. The van der Waals surface area contributed by atoms with Crippen molar-refractivity contribution < 1.29 is 19.4 Å². The molecule has 0 saturated heterocycles. The molecule has 0 atom stereocenters. The number of aliphatic carboxylic acids is 1. The molecule has 0 unspecified atom stereocenters. The van der Waals surface area contributed by atoms with E-state index in [9.17, 15) is 9.59 Å². The monoisotopic (exact) mass is 292 g/mol. The van der Waals surface area contributed by atoms with Gasteiger partial charge in [0, 0.05) is 25.4 Å². The Labute approximate surface area is 123 Å². The second-order valence-corrected chi connectivity index (χ2v) is 5.08. The van der Waals surface area contributed by atoms with Gasteiger partial charge < -0.3 is 20.1 Å². The predicted octanol–water partition coefficient (Wildman–Crippen LogP) is 1.96. The summed E-state index contributed by atoms with van der Waals surface area (Å²) >= 11 is 0. The number of carboxylic acids is 1. The van der Waals surface area contributed by atoms with E-state index in [1.165, 1.54) is 0 Å². The number of ether oxygens (including phenoxy) is 1. The van der Waals surface area contributed by atoms with Gasteiger partial charge in [-0.15, -0.1) is 0 Å². The number of carboxylic acid groups (broad SMARTS) is 1. The number of amides is 2. The molecule has 6 nitrogen and oxygen atoms in total. The summed E-state index contributed by atoms with van der Waals surface area (Å²) in [5, 5.41) is 11.7. The van der Waals surface area contributed by atoms with Crippen LogP contribution in [-0.4, -0.2) is 48.3 Å². The summed E-state index contributed by atoms with van der Waals surface area (Å²) in [6.07, 6.45) is 1.90. The third-order valence-corrected chi connectivity index (χ3v) is 3.39. The highest BCUT2D eigenvalue weighted by Gasteiger charge is 2.32. The molecule has 6 heteroatoms. The quantitative estimate of drug-likeness (QED) is 0.805. The number of nitrogens with zero attached hydrogens (tertiary/aromatic N) is 1. The molecule has 2 N–H and O–H groups in total. The van der Waals surface area contributed by atoms with Gasteiger partial charge in [-0.2, -0.15) is 0 Å². The highest BCUT2D eigenvalue weighted by Crippen LogP contribution is 2.27. The van der Waals surface area contributed by atoms with E-state index in [-0.39, 0.29) is 18.5 Å². The van der Waals surface area contributed by atoms with Crippen LogP contribution in [0.1, 0.15) is 18.4 Å². The van der Waals surface area contributed by atoms with E-state index < -0.39 is 5.97 Å². The van der Waals surface area contributed by atoms with Crippen molar-refractivity contribution in [2.75, 3.05) is 25.6 Å². The van der Waals surface area contributed by atoms with E-state index in [0.29, 0.717) is 24.4 Å². The van der Waals surface area contributed by atoms with Crippen molar-refractivity contribution in [3.63, 3.8) is 0 Å². The number of nitrogens with one attached hydrogen (secondary N) is 1. The third-order valence-electron chi connectivity index (χ3n) is 3.39. The van der Waals surface area contributed by atoms with E-state index >= 15 is 0 Å². The van der Waals surface area contributed by atoms with Crippen molar-refractivity contribution in [3.8, 4) is 0 Å². The van der Waals surface area contributed by atoms with Crippen LogP contribution in [0.4, 0.5) is 10.5 Å². The molecule has 0 spiro atoms. The highest BCUT2D eigenvalue weighted by molar-refractivity contribution is 5.91. The molecule has 0 heterocycles. The fraction of sp³-hybridized carbons (Fsp3) is 0.467. The van der Waals surface area contributed by atoms with Gasteiger partial charge in [-0.1, -0.05) is 18.2 Å². The number of hydrogen-bond donors (Lipinski definition) is 2. The number of anilines is 1. The Morgan fingerprint density at radius 2 is 2.10 bits per heavy atom. The normalized spacial score (nSPS) is 13.8. The van der Waals surface area contributed by atoms with E-state index in [1.807, 2.05) is 0 Å². The minimum absolute atomic E-state index is 0.113. The molecule has 21 heavy (non-hydrogen) atoms. The average Bonchev–Trinajstić information content (AvgIpc) is 3.25. The summed E-state index contributed by atoms with van der Waals surface area (Å²) in [4.78, 5) is 25.0. The van der Waals surface area contributed by atoms with E-state index in [2.05, 4.69) is 5.32 Å². The molecule has 114 valence electrons. The Kier molecular flexibility index (Phi) is 5.16. The van der Waals surface area contributed by atoms with Crippen LogP contribution in [0, 0.1) is 0 Å². The molecule has 1 aliphatic carbocycles. The maximum absolute atomic E-state index is 12.3. The molecule has 0 aliphatic heterocycles. The minimum Gasteiger partial charge on any atom is -0.481 e. The maximum Gasteiger partial charge on any atom is 0.322 e. The summed E-state index contributed by atoms with van der Waals surface area (Å²) in [7, 11) is 1.60. The van der Waals surface area contributed by atoms with Gasteiger partial charge in [0.25, 0.3) is 0 Å². The summed E-state index contributed by atoms with van der Waals surface area (Å²) in [6.45, 7) is 1.02. The predicted molar refractivity (Wildman–Crippen MR) is 78.4 cm³/mol. The van der Waals surface area contributed by atoms with Crippen LogP contribution in [0.15, 0.2) is 24.3 Å². The number of carbonyl (C=O) groups is 2. The molecule has 1 aromatic rings. The lowest BCUT2D eigenvalue weighted by Gasteiger charge is -2.23. The zero-order valence-corrected chi connectivity index (χ0v) is 12.0. The Morgan fingerprint density at radius 3 is 2.71 bits per heavy atom. The second kappa shape index (κ2) is 7.08. The average molecular weight is 292 g/mol. The Hall–Kier alpha value is -2.08. The number of benzene rings is 1. The lowest BCUT2D eigenvalue weighted by atomic mass is 10.1. The molecule has 2 rings (SSSR count). The molecule has 2 amide bonds. The van der Waals surface area contributed by atoms with Crippen LogP contribution < -0.4 is 5.32 Å². The highest BCUT2D eigenvalue weighted by atomic mass is 16.5. The number of urea groups is 1. The smallest absolute Gasteiger partial charge is 0.322 e. The summed E-state index contributed by atoms with van der Waals surface area (Å²) in [5.74, 6) is -0.921. The first-order valence-corrected chi connectivity index (χ1v) is 6.98. The van der Waals surface area contributed by atoms with Crippen LogP contribution in [0.5, 0.6) is 0 Å². The van der Waals surface area contributed by atoms with E-state index in [4.69, 9.17) is 9.84 Å². The van der Waals surface area contributed by atoms with Gasteiger partial charge in [0.05, 0.1) is 13.0 Å². The number of carbonyl (C=O) groups excluding carboxylic acids is 1. The molecule has 0 bridgehead atoms. The van der Waals surface area contributed by atoms with E-state index in [1.54, 1.807) is 36.3 Å². The van der Waals surface area contributed by atoms with Gasteiger partial charge in [-0.05, 0) is 24.5 Å². The van der Waals surface area contributed by atoms with Crippen LogP contribution in [0.2, 0.25) is 0 Å². The van der Waals surface area contributed by atoms with Gasteiger partial charge in [-0.25, -0.2) is 4.79 Å². The van der Waals surface area contributed by atoms with Crippen LogP contribution >= 0.6 is 0 Å². The van der Waals surface area contributed by atoms with Crippen LogP contribution in [0.3, 0.4) is 0 Å². The van der Waals surface area contributed by atoms with Crippen molar-refractivity contribution in [2.24, 2.45) is 0 Å². The molecule has 1 saturated carbocycles. The minimum atomic E-state index is -0.921. The Bertz CT molecular complexity index is 514. The lowest BCUT2D eigenvalue weighted by molar-refractivity contribution is -0.136. The van der Waals surface area contributed by atoms with Crippen molar-refractivity contribution in [1.29, 1.82) is 0 Å². The van der Waals surface area contributed by atoms with Crippen LogP contribution in [-0.2, 0) is 16.0 Å². The molecular formula is C15H20N2O4. The van der Waals surface area contributed by atoms with Crippen molar-refractivity contribution >= 4 is 17.7 Å². The largest absolute Gasteiger partial charge is 0.481 e. The second-order valence-electron chi connectivity index (χ2n) is 5.08. The zero-order chi connectivity index (χ0) is 15.2. The fourth-order valence-corrected chi connectivity index (χ4v) is 2.17. The lowest BCUT2D eigenvalue weighted by Crippen LogP contribution is -2.39. The van der Waals surface area contributed by atoms with Gasteiger partial charge in [0.1, 0.15) is 0 Å². The molecule has 0 radical (unpaired) electrons. The first kappa shape index (κ1) is 15.3. The van der Waals surface area contributed by atoms with Gasteiger partial charge in [0.15, 0.2) is 0 Å². The van der Waals surface area contributed by atoms with Crippen molar-refractivity contribution in [3.05, 3.63) is 29.8 Å². The molecule has 1 aromatic carbocycles. The molecule has 0 aromatic heterocycles. The summed E-state index contributed by atoms with van der Waals surface area (Å²) in [6, 6.07) is 7.03. The number of para-hydroxylation sites is 1. The maximum atomic E-state index is 12.3. The Morgan fingerprint density at radius 1 is 1.38 bits per heavy atom. The standard InChI is InChI=1S/C15H20N2O4/c1-21-9-8-17(12-6-7-12)15(20)16-13-5-3-2-4-11(13)10-14(18)19/h2-5,12H,6-10H2,1H3,(H,16,20)(H,18,19). The van der Waals surface area contributed by atoms with Crippen molar-refractivity contribution in [2.45, 2.75) is 25.3 Å². The molecule has 1 fully saturated rings. The fourth-order valence-electron chi connectivity index (χ4n) is 2.17. The Balaban J connectivity index is 2.05. The summed E-state index contributed by atoms with van der Waals surface area (Å²) < 4.78 is 5.03. The van der Waals surface area contributed by atoms with Gasteiger partial charge in [-0.3, -0.25) is 4.79 Å². The summed E-state index contributed by atoms with van der Waals surface area (Å²) in [5.41, 5.74) is 1.15. The van der Waals surface area contributed by atoms with Gasteiger partial charge >= 0.3 is 12.0 Å². The van der Waals surface area contributed by atoms with E-state index in [0.717, 1.165) is 12.8 Å². The SMILES string of the molecule is COCCN(C(=O)Nc1ccccc1CC(=O)O)C1CC1.